The maximum Gasteiger partial charge on any atom is 0.165 e. The quantitative estimate of drug-likeness (QED) is 0.0261. The Bertz CT molecular complexity index is 2190. The molecule has 12 nitrogen and oxygen atoms in total. The number of hydrogen-bond donors (Lipinski definition) is 2. The van der Waals surface area contributed by atoms with Crippen LogP contribution in [0, 0.1) is 0 Å². The highest BCUT2D eigenvalue weighted by Gasteiger charge is 2.11. The molecule has 0 saturated heterocycles. The number of phenolic OH excluding ortho intramolecular Hbond substituents is 1. The highest BCUT2D eigenvalue weighted by atomic mass is 16.6. The number of benzene rings is 5. The molecule has 5 rings (SSSR count). The van der Waals surface area contributed by atoms with E-state index in [2.05, 4.69) is 17.4 Å². The normalized spacial score (nSPS) is 11.1. The van der Waals surface area contributed by atoms with Gasteiger partial charge in [-0.3, -0.25) is 9.59 Å². The topological polar surface area (TPSA) is 140 Å². The largest absolute Gasteiger partial charge is 0.504 e. The number of phenols is 1. The van der Waals surface area contributed by atoms with Crippen LogP contribution in [0.5, 0.6) is 40.2 Å². The lowest BCUT2D eigenvalue weighted by Crippen LogP contribution is -2.23. The fourth-order valence-corrected chi connectivity index (χ4v) is 6.03. The van der Waals surface area contributed by atoms with Crippen molar-refractivity contribution >= 4 is 23.7 Å². The molecular formula is C51H57NO11. The summed E-state index contributed by atoms with van der Waals surface area (Å²) in [5.41, 5.74) is 3.67. The van der Waals surface area contributed by atoms with Crippen LogP contribution in [0.15, 0.2) is 127 Å². The smallest absolute Gasteiger partial charge is 0.165 e. The maximum atomic E-state index is 12.4. The number of carbonyl (C=O) groups excluding carboxylic acids is 2. The van der Waals surface area contributed by atoms with E-state index in [-0.39, 0.29) is 23.7 Å². The zero-order valence-electron chi connectivity index (χ0n) is 36.0. The van der Waals surface area contributed by atoms with Gasteiger partial charge >= 0.3 is 0 Å². The Morgan fingerprint density at radius 3 is 1.86 bits per heavy atom. The number of rotatable bonds is 30. The second-order valence-electron chi connectivity index (χ2n) is 14.1. The van der Waals surface area contributed by atoms with Gasteiger partial charge in [0.1, 0.15) is 19.0 Å². The lowest BCUT2D eigenvalue weighted by molar-refractivity contribution is -0.121. The van der Waals surface area contributed by atoms with E-state index in [1.807, 2.05) is 66.7 Å². The third-order valence-electron chi connectivity index (χ3n) is 9.35. The Balaban J connectivity index is 0.896. The molecule has 63 heavy (non-hydrogen) atoms. The summed E-state index contributed by atoms with van der Waals surface area (Å²) in [6, 6.07) is 36.0. The van der Waals surface area contributed by atoms with Gasteiger partial charge in [-0.25, -0.2) is 0 Å². The van der Waals surface area contributed by atoms with Gasteiger partial charge in [0.2, 0.25) is 0 Å². The molecule has 0 bridgehead atoms. The van der Waals surface area contributed by atoms with Crippen LogP contribution in [0.3, 0.4) is 0 Å². The van der Waals surface area contributed by atoms with Gasteiger partial charge in [0.05, 0.1) is 60.3 Å². The zero-order chi connectivity index (χ0) is 44.3. The molecule has 0 aliphatic heterocycles. The molecule has 0 heterocycles. The van der Waals surface area contributed by atoms with Crippen LogP contribution in [-0.4, -0.2) is 90.2 Å². The van der Waals surface area contributed by atoms with Crippen molar-refractivity contribution in [2.45, 2.75) is 25.9 Å². The number of carbonyl (C=O) groups is 2. The number of hydrogen-bond acceptors (Lipinski definition) is 12. The Morgan fingerprint density at radius 2 is 1.14 bits per heavy atom. The molecule has 332 valence electrons. The summed E-state index contributed by atoms with van der Waals surface area (Å²) in [5.74, 6) is 2.71. The van der Waals surface area contributed by atoms with Gasteiger partial charge in [0.25, 0.3) is 0 Å². The first kappa shape index (κ1) is 47.4. The lowest BCUT2D eigenvalue weighted by Gasteiger charge is -2.15. The van der Waals surface area contributed by atoms with Crippen LogP contribution in [0.1, 0.15) is 35.1 Å². The second-order valence-corrected chi connectivity index (χ2v) is 14.1. The second kappa shape index (κ2) is 27.4. The van der Waals surface area contributed by atoms with Crippen molar-refractivity contribution < 1.29 is 52.6 Å². The molecule has 12 heteroatoms. The Labute approximate surface area is 370 Å². The molecule has 5 aromatic rings. The molecule has 2 N–H and O–H groups in total. The molecule has 0 unspecified atom stereocenters. The number of nitrogens with one attached hydrogen (secondary N) is 1. The monoisotopic (exact) mass is 859 g/mol. The predicted molar refractivity (Wildman–Crippen MR) is 243 cm³/mol. The van der Waals surface area contributed by atoms with E-state index in [9.17, 15) is 14.7 Å². The van der Waals surface area contributed by atoms with E-state index in [1.54, 1.807) is 42.5 Å². The lowest BCUT2D eigenvalue weighted by atomic mass is 10.1. The Hall–Kier alpha value is -6.60. The van der Waals surface area contributed by atoms with Crippen LogP contribution in [-0.2, 0) is 32.1 Å². The van der Waals surface area contributed by atoms with E-state index >= 15 is 0 Å². The summed E-state index contributed by atoms with van der Waals surface area (Å²) in [6.07, 6.45) is 7.22. The first-order valence-corrected chi connectivity index (χ1v) is 21.0. The van der Waals surface area contributed by atoms with Gasteiger partial charge in [-0.05, 0) is 83.8 Å². The highest BCUT2D eigenvalue weighted by Crippen LogP contribution is 2.33. The minimum Gasteiger partial charge on any atom is -0.504 e. The van der Waals surface area contributed by atoms with Crippen molar-refractivity contribution in [2.75, 3.05) is 73.6 Å². The predicted octanol–water partition coefficient (Wildman–Crippen LogP) is 8.34. The van der Waals surface area contributed by atoms with E-state index in [4.69, 9.17) is 37.9 Å². The molecule has 0 spiro atoms. The summed E-state index contributed by atoms with van der Waals surface area (Å²) in [7, 11) is 2.98. The van der Waals surface area contributed by atoms with E-state index in [0.717, 1.165) is 30.7 Å². The fraction of sp³-hybridized carbons (Fsp3) is 0.294. The van der Waals surface area contributed by atoms with Gasteiger partial charge in [0.15, 0.2) is 46.1 Å². The molecule has 0 radical (unpaired) electrons. The molecule has 0 aliphatic rings. The van der Waals surface area contributed by atoms with Crippen LogP contribution < -0.4 is 33.7 Å². The molecular weight excluding hydrogens is 803 g/mol. The third-order valence-corrected chi connectivity index (χ3v) is 9.35. The van der Waals surface area contributed by atoms with Crippen LogP contribution >= 0.6 is 0 Å². The van der Waals surface area contributed by atoms with E-state index in [0.29, 0.717) is 99.3 Å². The summed E-state index contributed by atoms with van der Waals surface area (Å²) in [6.45, 7) is 5.15. The van der Waals surface area contributed by atoms with Crippen LogP contribution in [0.25, 0.3) is 12.2 Å². The van der Waals surface area contributed by atoms with Crippen molar-refractivity contribution in [3.63, 3.8) is 0 Å². The first-order valence-electron chi connectivity index (χ1n) is 21.0. The maximum absolute atomic E-state index is 12.4. The van der Waals surface area contributed by atoms with E-state index in [1.165, 1.54) is 38.0 Å². The third kappa shape index (κ3) is 17.7. The number of ketones is 2. The average Bonchev–Trinajstić information content (AvgIpc) is 3.31. The van der Waals surface area contributed by atoms with Crippen molar-refractivity contribution in [1.29, 1.82) is 0 Å². The molecule has 0 aliphatic carbocycles. The van der Waals surface area contributed by atoms with E-state index < -0.39 is 0 Å². The SMILES string of the molecule is COc1cc(/C=C/C(=O)CC(=O)/C=C/c2ccc(OCCOCCOCCNCCCOc3ccc(OCCc4ccccc4)c(OCc4ccccc4)c3)c(OC)c2)ccc1O. The van der Waals surface area contributed by atoms with Crippen LogP contribution in [0.2, 0.25) is 0 Å². The average molecular weight is 860 g/mol. The van der Waals surface area contributed by atoms with Crippen molar-refractivity contribution in [3.8, 4) is 40.2 Å². The molecule has 5 aromatic carbocycles. The zero-order valence-corrected chi connectivity index (χ0v) is 36.0. The number of ether oxygens (including phenoxy) is 8. The number of aromatic hydroxyl groups is 1. The van der Waals surface area contributed by atoms with Gasteiger partial charge in [-0.2, -0.15) is 0 Å². The van der Waals surface area contributed by atoms with Gasteiger partial charge in [-0.1, -0.05) is 84.9 Å². The Kier molecular flexibility index (Phi) is 20.6. The standard InChI is InChI=1S/C51H57NO11/c1-56-49-34-40(16-21-46(49)55)14-18-43(53)36-44(54)19-15-41-17-22-47(50(35-41)57-2)62-33-32-59-31-30-58-29-26-52-25-9-27-60-45-20-23-48(61-28-24-39-10-5-3-6-11-39)51(37-45)63-38-42-12-7-4-8-13-42/h3-8,10-23,34-35,37,52,55H,9,24-33,36,38H2,1-2H3/b18-14+,19-15+. The Morgan fingerprint density at radius 1 is 0.540 bits per heavy atom. The van der Waals surface area contributed by atoms with Crippen molar-refractivity contribution in [1.82, 2.24) is 5.32 Å². The molecule has 0 atom stereocenters. The number of allylic oxidation sites excluding steroid dienone is 2. The summed E-state index contributed by atoms with van der Waals surface area (Å²) < 4.78 is 46.1. The summed E-state index contributed by atoms with van der Waals surface area (Å²) >= 11 is 0. The van der Waals surface area contributed by atoms with Crippen molar-refractivity contribution in [3.05, 3.63) is 150 Å². The highest BCUT2D eigenvalue weighted by molar-refractivity contribution is 6.10. The van der Waals surface area contributed by atoms with Gasteiger partial charge in [0, 0.05) is 19.0 Å². The van der Waals surface area contributed by atoms with Gasteiger partial charge < -0.3 is 48.3 Å². The molecule has 0 aromatic heterocycles. The molecule has 0 amide bonds. The van der Waals surface area contributed by atoms with Crippen molar-refractivity contribution in [2.24, 2.45) is 0 Å². The fourth-order valence-electron chi connectivity index (χ4n) is 6.03. The van der Waals surface area contributed by atoms with Gasteiger partial charge in [-0.15, -0.1) is 0 Å². The first-order chi connectivity index (χ1) is 30.9. The van der Waals surface area contributed by atoms with Crippen LogP contribution in [0.4, 0.5) is 0 Å². The molecule has 0 saturated carbocycles. The summed E-state index contributed by atoms with van der Waals surface area (Å²) in [4.78, 5) is 24.7. The minimum absolute atomic E-state index is 0.000966. The minimum atomic E-state index is -0.349. The number of methoxy groups -OCH3 is 2. The molecule has 0 fully saturated rings. The summed E-state index contributed by atoms with van der Waals surface area (Å²) in [5, 5.41) is 13.1.